The fourth-order valence-corrected chi connectivity index (χ4v) is 6.08. The highest BCUT2D eigenvalue weighted by atomic mass is 35.5. The number of nitrogens with zero attached hydrogens (tertiary/aromatic N) is 2. The molecule has 7 heteroatoms. The van der Waals surface area contributed by atoms with Crippen molar-refractivity contribution in [3.63, 3.8) is 0 Å². The predicted molar refractivity (Wildman–Crippen MR) is 109 cm³/mol. The van der Waals surface area contributed by atoms with Crippen LogP contribution >= 0.6 is 11.6 Å². The minimum absolute atomic E-state index is 0.108. The fraction of sp³-hybridized carbons (Fsp3) is 0.381. The largest absolute Gasteiger partial charge is 0.340 e. The number of halogens is 1. The highest BCUT2D eigenvalue weighted by Crippen LogP contribution is 2.35. The van der Waals surface area contributed by atoms with E-state index in [-0.39, 0.29) is 21.7 Å². The summed E-state index contributed by atoms with van der Waals surface area (Å²) < 4.78 is 27.1. The molecule has 1 amide bonds. The van der Waals surface area contributed by atoms with Crippen molar-refractivity contribution >= 4 is 27.5 Å². The smallest absolute Gasteiger partial charge is 0.244 e. The van der Waals surface area contributed by atoms with Crippen molar-refractivity contribution < 1.29 is 13.2 Å². The number of carbonyl (C=O) groups is 1. The molecule has 28 heavy (non-hydrogen) atoms. The van der Waals surface area contributed by atoms with Crippen LogP contribution in [0.15, 0.2) is 53.4 Å². The van der Waals surface area contributed by atoms with E-state index in [1.807, 2.05) is 12.1 Å². The lowest BCUT2D eigenvalue weighted by Gasteiger charge is -2.34. The monoisotopic (exact) mass is 418 g/mol. The topological polar surface area (TPSA) is 57.7 Å². The fourth-order valence-electron chi connectivity index (χ4n) is 4.17. The summed E-state index contributed by atoms with van der Waals surface area (Å²) in [6.45, 7) is 1.41. The second-order valence-corrected chi connectivity index (χ2v) is 9.67. The van der Waals surface area contributed by atoms with Crippen LogP contribution < -0.4 is 0 Å². The first-order valence-corrected chi connectivity index (χ1v) is 11.4. The van der Waals surface area contributed by atoms with Crippen LogP contribution in [0.5, 0.6) is 0 Å². The SMILES string of the molecule is O=C(CC1CCc2ccccc21)N1CCN(S(=O)(=O)c2ccccc2Cl)CC1. The van der Waals surface area contributed by atoms with Gasteiger partial charge in [-0.25, -0.2) is 8.42 Å². The number of carbonyl (C=O) groups excluding carboxylic acids is 1. The van der Waals surface area contributed by atoms with Crippen molar-refractivity contribution in [3.8, 4) is 0 Å². The quantitative estimate of drug-likeness (QED) is 0.765. The van der Waals surface area contributed by atoms with Gasteiger partial charge in [0.25, 0.3) is 0 Å². The lowest BCUT2D eigenvalue weighted by atomic mass is 9.97. The molecule has 4 rings (SSSR count). The van der Waals surface area contributed by atoms with Gasteiger partial charge in [-0.15, -0.1) is 0 Å². The van der Waals surface area contributed by atoms with E-state index in [0.717, 1.165) is 12.8 Å². The lowest BCUT2D eigenvalue weighted by Crippen LogP contribution is -2.50. The van der Waals surface area contributed by atoms with Crippen LogP contribution in [0, 0.1) is 0 Å². The third-order valence-electron chi connectivity index (χ3n) is 5.72. The van der Waals surface area contributed by atoms with Crippen molar-refractivity contribution in [2.75, 3.05) is 26.2 Å². The predicted octanol–water partition coefficient (Wildman–Crippen LogP) is 3.29. The summed E-state index contributed by atoms with van der Waals surface area (Å²) in [5.74, 6) is 0.380. The van der Waals surface area contributed by atoms with Gasteiger partial charge in [-0.05, 0) is 42.0 Å². The number of amides is 1. The molecule has 1 fully saturated rings. The molecule has 1 aliphatic heterocycles. The van der Waals surface area contributed by atoms with Gasteiger partial charge in [-0.3, -0.25) is 4.79 Å². The second-order valence-electron chi connectivity index (χ2n) is 7.35. The van der Waals surface area contributed by atoms with Crippen LogP contribution in [0.1, 0.15) is 29.9 Å². The molecule has 2 aliphatic rings. The summed E-state index contributed by atoms with van der Waals surface area (Å²) in [7, 11) is -3.64. The van der Waals surface area contributed by atoms with Gasteiger partial charge in [0.15, 0.2) is 0 Å². The van der Waals surface area contributed by atoms with E-state index in [1.54, 1.807) is 23.1 Å². The van der Waals surface area contributed by atoms with E-state index in [4.69, 9.17) is 11.6 Å². The van der Waals surface area contributed by atoms with Crippen LogP contribution in [0.2, 0.25) is 5.02 Å². The van der Waals surface area contributed by atoms with Crippen molar-refractivity contribution in [2.24, 2.45) is 0 Å². The van der Waals surface area contributed by atoms with E-state index in [0.29, 0.717) is 32.6 Å². The third kappa shape index (κ3) is 3.69. The first-order valence-electron chi connectivity index (χ1n) is 9.57. The van der Waals surface area contributed by atoms with Crippen LogP contribution in [-0.4, -0.2) is 49.7 Å². The summed E-state index contributed by atoms with van der Waals surface area (Å²) in [4.78, 5) is 14.7. The van der Waals surface area contributed by atoms with E-state index < -0.39 is 10.0 Å². The van der Waals surface area contributed by atoms with Gasteiger partial charge in [0.2, 0.25) is 15.9 Å². The normalized spacial score (nSPS) is 20.2. The highest BCUT2D eigenvalue weighted by molar-refractivity contribution is 7.89. The minimum Gasteiger partial charge on any atom is -0.340 e. The Labute approximate surface area is 171 Å². The van der Waals surface area contributed by atoms with E-state index >= 15 is 0 Å². The number of hydrogen-bond acceptors (Lipinski definition) is 3. The second kappa shape index (κ2) is 7.85. The Morgan fingerprint density at radius 1 is 1.00 bits per heavy atom. The summed E-state index contributed by atoms with van der Waals surface area (Å²) in [5.41, 5.74) is 2.63. The number of piperazine rings is 1. The Hall–Kier alpha value is -1.89. The van der Waals surface area contributed by atoms with Gasteiger partial charge in [-0.2, -0.15) is 4.31 Å². The average molecular weight is 419 g/mol. The zero-order valence-electron chi connectivity index (χ0n) is 15.6. The molecule has 2 aromatic carbocycles. The number of benzene rings is 2. The van der Waals surface area contributed by atoms with E-state index in [2.05, 4.69) is 12.1 Å². The van der Waals surface area contributed by atoms with Gasteiger partial charge in [0.05, 0.1) is 5.02 Å². The maximum atomic E-state index is 12.8. The number of sulfonamides is 1. The van der Waals surface area contributed by atoms with Gasteiger partial charge in [-0.1, -0.05) is 48.0 Å². The molecule has 0 N–H and O–H groups in total. The Bertz CT molecular complexity index is 985. The molecule has 1 unspecified atom stereocenters. The first kappa shape index (κ1) is 19.4. The Morgan fingerprint density at radius 2 is 1.68 bits per heavy atom. The van der Waals surface area contributed by atoms with Crippen molar-refractivity contribution in [1.29, 1.82) is 0 Å². The van der Waals surface area contributed by atoms with Crippen molar-refractivity contribution in [3.05, 3.63) is 64.7 Å². The van der Waals surface area contributed by atoms with Gasteiger partial charge in [0.1, 0.15) is 4.90 Å². The molecule has 0 aromatic heterocycles. The standard InChI is InChI=1S/C21H23ClN2O3S/c22-19-7-3-4-8-20(19)28(26,27)24-13-11-23(12-14-24)21(25)15-17-10-9-16-5-1-2-6-18(16)17/h1-8,17H,9-15H2. The Balaban J connectivity index is 1.38. The molecule has 1 aliphatic carbocycles. The molecule has 1 saturated heterocycles. The number of aryl methyl sites for hydroxylation is 1. The molecule has 0 spiro atoms. The Kier molecular flexibility index (Phi) is 5.45. The van der Waals surface area contributed by atoms with E-state index in [9.17, 15) is 13.2 Å². The molecule has 1 heterocycles. The highest BCUT2D eigenvalue weighted by Gasteiger charge is 2.32. The lowest BCUT2D eigenvalue weighted by molar-refractivity contribution is -0.132. The van der Waals surface area contributed by atoms with Crippen molar-refractivity contribution in [2.45, 2.75) is 30.1 Å². The number of hydrogen-bond donors (Lipinski definition) is 0. The Morgan fingerprint density at radius 3 is 2.43 bits per heavy atom. The summed E-state index contributed by atoms with van der Waals surface area (Å²) >= 11 is 6.07. The minimum atomic E-state index is -3.64. The maximum Gasteiger partial charge on any atom is 0.244 e. The molecule has 1 atom stereocenters. The van der Waals surface area contributed by atoms with Crippen LogP contribution in [0.25, 0.3) is 0 Å². The molecule has 148 valence electrons. The zero-order valence-corrected chi connectivity index (χ0v) is 17.1. The summed E-state index contributed by atoms with van der Waals surface area (Å²) in [5, 5.41) is 0.223. The molecule has 2 aromatic rings. The van der Waals surface area contributed by atoms with Gasteiger partial charge in [0, 0.05) is 32.6 Å². The first-order chi connectivity index (χ1) is 13.5. The molecule has 5 nitrogen and oxygen atoms in total. The molecule has 0 radical (unpaired) electrons. The molecule has 0 saturated carbocycles. The third-order valence-corrected chi connectivity index (χ3v) is 8.12. The summed E-state index contributed by atoms with van der Waals surface area (Å²) in [6.07, 6.45) is 2.53. The average Bonchev–Trinajstić information content (AvgIpc) is 3.11. The zero-order chi connectivity index (χ0) is 19.7. The maximum absolute atomic E-state index is 12.8. The summed E-state index contributed by atoms with van der Waals surface area (Å²) in [6, 6.07) is 14.8. The molecular weight excluding hydrogens is 396 g/mol. The van der Waals surface area contributed by atoms with Crippen LogP contribution in [0.4, 0.5) is 0 Å². The van der Waals surface area contributed by atoms with Gasteiger partial charge < -0.3 is 4.90 Å². The number of rotatable bonds is 4. The van der Waals surface area contributed by atoms with E-state index in [1.165, 1.54) is 21.5 Å². The molecule has 0 bridgehead atoms. The number of fused-ring (bicyclic) bond motifs is 1. The van der Waals surface area contributed by atoms with Crippen molar-refractivity contribution in [1.82, 2.24) is 9.21 Å². The molecular formula is C21H23ClN2O3S. The van der Waals surface area contributed by atoms with Gasteiger partial charge >= 0.3 is 0 Å². The van der Waals surface area contributed by atoms with Crippen LogP contribution in [0.3, 0.4) is 0 Å². The van der Waals surface area contributed by atoms with Crippen LogP contribution in [-0.2, 0) is 21.2 Å².